The third kappa shape index (κ3) is 3.82. The lowest BCUT2D eigenvalue weighted by molar-refractivity contribution is 0.161. The van der Waals surface area contributed by atoms with E-state index >= 15 is 0 Å². The predicted molar refractivity (Wildman–Crippen MR) is 83.1 cm³/mol. The van der Waals surface area contributed by atoms with Crippen molar-refractivity contribution in [2.75, 3.05) is 0 Å². The summed E-state index contributed by atoms with van der Waals surface area (Å²) in [6, 6.07) is 12.0. The van der Waals surface area contributed by atoms with Gasteiger partial charge in [0.05, 0.1) is 0 Å². The fourth-order valence-corrected chi connectivity index (χ4v) is 3.55. The third-order valence-electron chi connectivity index (χ3n) is 4.79. The minimum Gasteiger partial charge on any atom is -0.307 e. The molecule has 1 heteroatoms. The van der Waals surface area contributed by atoms with Crippen LogP contribution in [0.25, 0.3) is 0 Å². The molecule has 1 saturated carbocycles. The second-order valence-electron chi connectivity index (χ2n) is 6.73. The van der Waals surface area contributed by atoms with Crippen molar-refractivity contribution in [1.29, 1.82) is 0 Å². The Kier molecular flexibility index (Phi) is 5.04. The highest BCUT2D eigenvalue weighted by Crippen LogP contribution is 2.34. The van der Waals surface area contributed by atoms with E-state index in [2.05, 4.69) is 63.3 Å². The molecular weight excluding hydrogens is 230 g/mol. The van der Waals surface area contributed by atoms with Crippen LogP contribution in [0.1, 0.15) is 58.6 Å². The van der Waals surface area contributed by atoms with E-state index in [1.807, 2.05) is 0 Å². The van der Waals surface area contributed by atoms with Crippen LogP contribution >= 0.6 is 0 Å². The lowest BCUT2D eigenvalue weighted by atomic mass is 9.73. The Morgan fingerprint density at radius 1 is 1.05 bits per heavy atom. The Hall–Kier alpha value is -0.820. The van der Waals surface area contributed by atoms with E-state index in [-0.39, 0.29) is 0 Å². The molecule has 4 atom stereocenters. The standard InChI is InChI=1S/C18H29N/c1-13(2)17-11-10-14(3)12-18(17)19-15(4)16-8-6-5-7-9-16/h5-9,13-15,17-19H,10-12H2,1-4H3. The Labute approximate surface area is 118 Å². The molecule has 0 spiro atoms. The maximum Gasteiger partial charge on any atom is 0.0294 e. The highest BCUT2D eigenvalue weighted by Gasteiger charge is 2.31. The van der Waals surface area contributed by atoms with Crippen LogP contribution in [-0.4, -0.2) is 6.04 Å². The van der Waals surface area contributed by atoms with Crippen LogP contribution in [-0.2, 0) is 0 Å². The van der Waals surface area contributed by atoms with Crippen molar-refractivity contribution >= 4 is 0 Å². The van der Waals surface area contributed by atoms with Gasteiger partial charge in [0.25, 0.3) is 0 Å². The molecule has 1 fully saturated rings. The zero-order valence-corrected chi connectivity index (χ0v) is 12.9. The average molecular weight is 259 g/mol. The number of hydrogen-bond acceptors (Lipinski definition) is 1. The Bertz CT molecular complexity index is 371. The van der Waals surface area contributed by atoms with Crippen LogP contribution in [0.15, 0.2) is 30.3 Å². The molecule has 19 heavy (non-hydrogen) atoms. The first-order chi connectivity index (χ1) is 9.08. The summed E-state index contributed by atoms with van der Waals surface area (Å²) in [6.45, 7) is 9.45. The van der Waals surface area contributed by atoms with Gasteiger partial charge in [-0.15, -0.1) is 0 Å². The summed E-state index contributed by atoms with van der Waals surface area (Å²) >= 11 is 0. The number of nitrogens with one attached hydrogen (secondary N) is 1. The fraction of sp³-hybridized carbons (Fsp3) is 0.667. The van der Waals surface area contributed by atoms with Crippen LogP contribution in [0.4, 0.5) is 0 Å². The molecule has 1 N–H and O–H groups in total. The number of hydrogen-bond donors (Lipinski definition) is 1. The van der Waals surface area contributed by atoms with Gasteiger partial charge in [0, 0.05) is 12.1 Å². The molecule has 0 saturated heterocycles. The van der Waals surface area contributed by atoms with Crippen LogP contribution in [0.5, 0.6) is 0 Å². The van der Waals surface area contributed by atoms with Gasteiger partial charge < -0.3 is 5.32 Å². The van der Waals surface area contributed by atoms with E-state index in [0.29, 0.717) is 12.1 Å². The number of rotatable bonds is 4. The fourth-order valence-electron chi connectivity index (χ4n) is 3.55. The molecule has 1 aromatic carbocycles. The van der Waals surface area contributed by atoms with E-state index in [9.17, 15) is 0 Å². The minimum absolute atomic E-state index is 0.456. The zero-order valence-electron chi connectivity index (χ0n) is 12.9. The van der Waals surface area contributed by atoms with E-state index in [1.54, 1.807) is 0 Å². The Balaban J connectivity index is 2.02. The maximum absolute atomic E-state index is 3.90. The molecule has 0 radical (unpaired) electrons. The van der Waals surface area contributed by atoms with E-state index in [4.69, 9.17) is 0 Å². The molecule has 0 aromatic heterocycles. The molecule has 106 valence electrons. The first-order valence-electron chi connectivity index (χ1n) is 7.89. The molecule has 0 aliphatic heterocycles. The highest BCUT2D eigenvalue weighted by atomic mass is 15.0. The summed E-state index contributed by atoms with van der Waals surface area (Å²) in [4.78, 5) is 0. The van der Waals surface area contributed by atoms with E-state index < -0.39 is 0 Å². The van der Waals surface area contributed by atoms with Gasteiger partial charge >= 0.3 is 0 Å². The molecule has 0 heterocycles. The van der Waals surface area contributed by atoms with E-state index in [0.717, 1.165) is 17.8 Å². The van der Waals surface area contributed by atoms with Crippen molar-refractivity contribution < 1.29 is 0 Å². The predicted octanol–water partition coefficient (Wildman–Crippen LogP) is 4.80. The topological polar surface area (TPSA) is 12.0 Å². The molecule has 1 aromatic rings. The lowest BCUT2D eigenvalue weighted by Crippen LogP contribution is -2.43. The monoisotopic (exact) mass is 259 g/mol. The van der Waals surface area contributed by atoms with Crippen molar-refractivity contribution in [2.45, 2.75) is 59.0 Å². The quantitative estimate of drug-likeness (QED) is 0.819. The van der Waals surface area contributed by atoms with Gasteiger partial charge in [-0.3, -0.25) is 0 Å². The van der Waals surface area contributed by atoms with Crippen LogP contribution in [0, 0.1) is 17.8 Å². The van der Waals surface area contributed by atoms with Crippen LogP contribution in [0.3, 0.4) is 0 Å². The van der Waals surface area contributed by atoms with Crippen LogP contribution < -0.4 is 5.32 Å². The first kappa shape index (κ1) is 14.6. The largest absolute Gasteiger partial charge is 0.307 e. The molecule has 1 aliphatic carbocycles. The zero-order chi connectivity index (χ0) is 13.8. The summed E-state index contributed by atoms with van der Waals surface area (Å²) < 4.78 is 0. The van der Waals surface area contributed by atoms with Gasteiger partial charge in [-0.25, -0.2) is 0 Å². The molecule has 0 amide bonds. The van der Waals surface area contributed by atoms with E-state index in [1.165, 1.54) is 24.8 Å². The third-order valence-corrected chi connectivity index (χ3v) is 4.79. The SMILES string of the molecule is CC1CCC(C(C)C)C(NC(C)c2ccccc2)C1. The van der Waals surface area contributed by atoms with Gasteiger partial charge in [-0.05, 0) is 43.1 Å². The molecule has 1 aliphatic rings. The van der Waals surface area contributed by atoms with Crippen molar-refractivity contribution in [3.63, 3.8) is 0 Å². The maximum atomic E-state index is 3.90. The van der Waals surface area contributed by atoms with Gasteiger partial charge in [0.2, 0.25) is 0 Å². The molecule has 0 bridgehead atoms. The summed E-state index contributed by atoms with van der Waals surface area (Å²) in [7, 11) is 0. The first-order valence-corrected chi connectivity index (χ1v) is 7.89. The molecule has 2 rings (SSSR count). The smallest absolute Gasteiger partial charge is 0.0294 e. The second kappa shape index (κ2) is 6.56. The normalized spacial score (nSPS) is 29.4. The summed E-state index contributed by atoms with van der Waals surface area (Å²) in [6.07, 6.45) is 4.12. The van der Waals surface area contributed by atoms with Crippen molar-refractivity contribution in [1.82, 2.24) is 5.32 Å². The minimum atomic E-state index is 0.456. The van der Waals surface area contributed by atoms with Gasteiger partial charge in [0.1, 0.15) is 0 Å². The molecule has 1 nitrogen and oxygen atoms in total. The van der Waals surface area contributed by atoms with Gasteiger partial charge in [-0.2, -0.15) is 0 Å². The highest BCUT2D eigenvalue weighted by molar-refractivity contribution is 5.18. The molecule has 4 unspecified atom stereocenters. The van der Waals surface area contributed by atoms with Crippen LogP contribution in [0.2, 0.25) is 0 Å². The van der Waals surface area contributed by atoms with Crippen molar-refractivity contribution in [3.8, 4) is 0 Å². The second-order valence-corrected chi connectivity index (χ2v) is 6.73. The number of benzene rings is 1. The van der Waals surface area contributed by atoms with Crippen molar-refractivity contribution in [3.05, 3.63) is 35.9 Å². The summed E-state index contributed by atoms with van der Waals surface area (Å²) in [5, 5.41) is 3.90. The average Bonchev–Trinajstić information content (AvgIpc) is 2.39. The summed E-state index contributed by atoms with van der Waals surface area (Å²) in [5.41, 5.74) is 1.41. The van der Waals surface area contributed by atoms with Crippen molar-refractivity contribution in [2.24, 2.45) is 17.8 Å². The van der Waals surface area contributed by atoms with Gasteiger partial charge in [-0.1, -0.05) is 57.5 Å². The summed E-state index contributed by atoms with van der Waals surface area (Å²) in [5.74, 6) is 2.49. The Morgan fingerprint density at radius 3 is 2.37 bits per heavy atom. The molecular formula is C18H29N. The van der Waals surface area contributed by atoms with Gasteiger partial charge in [0.15, 0.2) is 0 Å². The Morgan fingerprint density at radius 2 is 1.74 bits per heavy atom. The lowest BCUT2D eigenvalue weighted by Gasteiger charge is -2.39.